The lowest BCUT2D eigenvalue weighted by Crippen LogP contribution is -2.54. The van der Waals surface area contributed by atoms with Crippen LogP contribution in [0.1, 0.15) is 37.0 Å². The van der Waals surface area contributed by atoms with Crippen LogP contribution in [-0.2, 0) is 32.6 Å². The van der Waals surface area contributed by atoms with E-state index in [9.17, 15) is 18.0 Å². The minimum atomic E-state index is -4.11. The SMILES string of the molecule is CC[C@H](C)NC(=O)[C@@H](Cc1ccccc1)N(Cc1ccccc1)C(=O)CN(c1ccc(C)cc1)S(=O)(=O)c1ccccc1. The van der Waals surface area contributed by atoms with Crippen LogP contribution in [0.3, 0.4) is 0 Å². The number of hydrogen-bond acceptors (Lipinski definition) is 4. The van der Waals surface area contributed by atoms with Gasteiger partial charge in [0.25, 0.3) is 10.0 Å². The second-order valence-electron chi connectivity index (χ2n) is 10.7. The highest BCUT2D eigenvalue weighted by molar-refractivity contribution is 7.92. The van der Waals surface area contributed by atoms with Crippen LogP contribution >= 0.6 is 0 Å². The van der Waals surface area contributed by atoms with Crippen LogP contribution in [0.4, 0.5) is 5.69 Å². The Hall–Kier alpha value is -4.43. The summed E-state index contributed by atoms with van der Waals surface area (Å²) in [6.45, 7) is 5.48. The lowest BCUT2D eigenvalue weighted by molar-refractivity contribution is -0.140. The molecule has 0 radical (unpaired) electrons. The van der Waals surface area contributed by atoms with Gasteiger partial charge in [0.2, 0.25) is 11.8 Å². The number of benzene rings is 4. The Morgan fingerprint density at radius 3 is 1.86 bits per heavy atom. The smallest absolute Gasteiger partial charge is 0.264 e. The van der Waals surface area contributed by atoms with Crippen molar-refractivity contribution in [2.24, 2.45) is 0 Å². The maximum atomic E-state index is 14.4. The largest absolute Gasteiger partial charge is 0.352 e. The van der Waals surface area contributed by atoms with Crippen molar-refractivity contribution >= 4 is 27.5 Å². The molecular formula is C35H39N3O4S. The highest BCUT2D eigenvalue weighted by Crippen LogP contribution is 2.25. The number of aryl methyl sites for hydroxylation is 1. The molecular weight excluding hydrogens is 558 g/mol. The van der Waals surface area contributed by atoms with Crippen LogP contribution < -0.4 is 9.62 Å². The first-order chi connectivity index (χ1) is 20.7. The molecule has 4 aromatic rings. The molecule has 224 valence electrons. The van der Waals surface area contributed by atoms with Gasteiger partial charge in [-0.25, -0.2) is 8.42 Å². The number of hydrogen-bond donors (Lipinski definition) is 1. The van der Waals surface area contributed by atoms with Gasteiger partial charge in [0.05, 0.1) is 10.6 Å². The second-order valence-corrected chi connectivity index (χ2v) is 12.6. The van der Waals surface area contributed by atoms with Crippen LogP contribution in [0.5, 0.6) is 0 Å². The summed E-state index contributed by atoms with van der Waals surface area (Å²) in [6, 6.07) is 33.1. The van der Waals surface area contributed by atoms with E-state index in [0.29, 0.717) is 5.69 Å². The van der Waals surface area contributed by atoms with E-state index < -0.39 is 28.5 Å². The molecule has 1 N–H and O–H groups in total. The summed E-state index contributed by atoms with van der Waals surface area (Å²) in [5, 5.41) is 3.05. The average molecular weight is 598 g/mol. The molecule has 0 saturated carbocycles. The van der Waals surface area contributed by atoms with Crippen molar-refractivity contribution in [1.29, 1.82) is 0 Å². The van der Waals surface area contributed by atoms with E-state index in [0.717, 1.165) is 27.4 Å². The Bertz CT molecular complexity index is 1580. The molecule has 0 unspecified atom stereocenters. The summed E-state index contributed by atoms with van der Waals surface area (Å²) in [7, 11) is -4.11. The van der Waals surface area contributed by atoms with Crippen molar-refractivity contribution in [3.05, 3.63) is 132 Å². The van der Waals surface area contributed by atoms with Crippen LogP contribution in [-0.4, -0.2) is 43.8 Å². The maximum absolute atomic E-state index is 14.4. The number of nitrogens with zero attached hydrogens (tertiary/aromatic N) is 2. The quantitative estimate of drug-likeness (QED) is 0.213. The standard InChI is InChI=1S/C35H39N3O4S/c1-4-28(3)36-35(40)33(24-29-14-8-5-9-15-29)37(25-30-16-10-6-11-17-30)34(39)26-38(31-22-20-27(2)21-23-31)43(41,42)32-18-12-7-13-19-32/h5-23,28,33H,4,24-26H2,1-3H3,(H,36,40)/t28-,33+/m0/s1. The summed E-state index contributed by atoms with van der Waals surface area (Å²) < 4.78 is 29.1. The van der Waals surface area contributed by atoms with Crippen molar-refractivity contribution in [1.82, 2.24) is 10.2 Å². The number of amides is 2. The molecule has 0 fully saturated rings. The van der Waals surface area contributed by atoms with Crippen LogP contribution in [0.25, 0.3) is 0 Å². The molecule has 2 atom stereocenters. The Kier molecular flexibility index (Phi) is 10.7. The van der Waals surface area contributed by atoms with Crippen molar-refractivity contribution in [2.75, 3.05) is 10.8 Å². The predicted molar refractivity (Wildman–Crippen MR) is 171 cm³/mol. The summed E-state index contributed by atoms with van der Waals surface area (Å²) >= 11 is 0. The Morgan fingerprint density at radius 1 is 0.767 bits per heavy atom. The first-order valence-electron chi connectivity index (χ1n) is 14.5. The molecule has 0 bridgehead atoms. The van der Waals surface area contributed by atoms with Crippen LogP contribution in [0, 0.1) is 6.92 Å². The lowest BCUT2D eigenvalue weighted by atomic mass is 10.0. The van der Waals surface area contributed by atoms with Crippen LogP contribution in [0.2, 0.25) is 0 Å². The Balaban J connectivity index is 1.78. The fourth-order valence-corrected chi connectivity index (χ4v) is 6.17. The Morgan fingerprint density at radius 2 is 1.30 bits per heavy atom. The molecule has 7 nitrogen and oxygen atoms in total. The summed E-state index contributed by atoms with van der Waals surface area (Å²) in [4.78, 5) is 29.8. The highest BCUT2D eigenvalue weighted by atomic mass is 32.2. The van der Waals surface area contributed by atoms with Gasteiger partial charge in [0, 0.05) is 19.0 Å². The van der Waals surface area contributed by atoms with Gasteiger partial charge >= 0.3 is 0 Å². The molecule has 0 aliphatic carbocycles. The number of rotatable bonds is 13. The third kappa shape index (κ3) is 8.32. The minimum absolute atomic E-state index is 0.0772. The summed E-state index contributed by atoms with van der Waals surface area (Å²) in [5.74, 6) is -0.764. The fraction of sp³-hybridized carbons (Fsp3) is 0.257. The summed E-state index contributed by atoms with van der Waals surface area (Å²) in [6.07, 6.45) is 1.00. The van der Waals surface area contributed by atoms with E-state index in [2.05, 4.69) is 5.32 Å². The van der Waals surface area contributed by atoms with E-state index >= 15 is 0 Å². The van der Waals surface area contributed by atoms with E-state index in [1.165, 1.54) is 17.0 Å². The van der Waals surface area contributed by atoms with E-state index in [1.807, 2.05) is 93.6 Å². The normalized spacial score (nSPS) is 12.6. The minimum Gasteiger partial charge on any atom is -0.352 e. The van der Waals surface area contributed by atoms with Crippen molar-refractivity contribution in [2.45, 2.75) is 57.1 Å². The molecule has 0 aliphatic rings. The second kappa shape index (κ2) is 14.6. The first kappa shape index (κ1) is 31.5. The van der Waals surface area contributed by atoms with Crippen molar-refractivity contribution in [3.8, 4) is 0 Å². The van der Waals surface area contributed by atoms with E-state index in [4.69, 9.17) is 0 Å². The monoisotopic (exact) mass is 597 g/mol. The maximum Gasteiger partial charge on any atom is 0.264 e. The van der Waals surface area contributed by atoms with Gasteiger partial charge in [-0.15, -0.1) is 0 Å². The predicted octanol–water partition coefficient (Wildman–Crippen LogP) is 5.75. The molecule has 4 rings (SSSR count). The number of sulfonamides is 1. The first-order valence-corrected chi connectivity index (χ1v) is 15.9. The van der Waals surface area contributed by atoms with Gasteiger partial charge in [0.1, 0.15) is 12.6 Å². The highest BCUT2D eigenvalue weighted by Gasteiger charge is 2.34. The van der Waals surface area contributed by atoms with Crippen molar-refractivity contribution in [3.63, 3.8) is 0 Å². The molecule has 43 heavy (non-hydrogen) atoms. The topological polar surface area (TPSA) is 86.8 Å². The van der Waals surface area contributed by atoms with Crippen LogP contribution in [0.15, 0.2) is 120 Å². The van der Waals surface area contributed by atoms with E-state index in [-0.39, 0.29) is 29.8 Å². The number of carbonyl (C=O) groups excluding carboxylic acids is 2. The van der Waals surface area contributed by atoms with E-state index in [1.54, 1.807) is 30.3 Å². The van der Waals surface area contributed by atoms with Gasteiger partial charge in [-0.1, -0.05) is 103 Å². The number of nitrogens with one attached hydrogen (secondary N) is 1. The van der Waals surface area contributed by atoms with Gasteiger partial charge in [-0.2, -0.15) is 0 Å². The average Bonchev–Trinajstić information content (AvgIpc) is 3.03. The van der Waals surface area contributed by atoms with Gasteiger partial charge in [-0.05, 0) is 55.7 Å². The molecule has 0 spiro atoms. The van der Waals surface area contributed by atoms with Gasteiger partial charge < -0.3 is 10.2 Å². The molecule has 0 aromatic heterocycles. The molecule has 2 amide bonds. The molecule has 4 aromatic carbocycles. The molecule has 0 saturated heterocycles. The lowest BCUT2D eigenvalue weighted by Gasteiger charge is -2.34. The molecule has 0 heterocycles. The zero-order chi connectivity index (χ0) is 30.8. The van der Waals surface area contributed by atoms with Gasteiger partial charge in [-0.3, -0.25) is 13.9 Å². The fourth-order valence-electron chi connectivity index (χ4n) is 4.73. The third-order valence-electron chi connectivity index (χ3n) is 7.40. The molecule has 8 heteroatoms. The third-order valence-corrected chi connectivity index (χ3v) is 9.19. The number of anilines is 1. The van der Waals surface area contributed by atoms with Crippen molar-refractivity contribution < 1.29 is 18.0 Å². The molecule has 0 aliphatic heterocycles. The zero-order valence-electron chi connectivity index (χ0n) is 24.9. The summed E-state index contributed by atoms with van der Waals surface area (Å²) in [5.41, 5.74) is 3.05. The van der Waals surface area contributed by atoms with Gasteiger partial charge in [0.15, 0.2) is 0 Å². The zero-order valence-corrected chi connectivity index (χ0v) is 25.7. The number of carbonyl (C=O) groups is 2. The Labute approximate surface area is 255 Å².